The van der Waals surface area contributed by atoms with E-state index in [-0.39, 0.29) is 25.0 Å². The van der Waals surface area contributed by atoms with Gasteiger partial charge < -0.3 is 15.0 Å². The summed E-state index contributed by atoms with van der Waals surface area (Å²) in [6, 6.07) is 7.74. The van der Waals surface area contributed by atoms with E-state index in [1.165, 1.54) is 0 Å². The number of likely N-dealkylation sites (tertiary alicyclic amines) is 1. The number of hydrogen-bond donors (Lipinski definition) is 1. The highest BCUT2D eigenvalue weighted by atomic mass is 79.9. The molecular weight excluding hydrogens is 372 g/mol. The minimum absolute atomic E-state index is 0.0341. The second-order valence-corrected chi connectivity index (χ2v) is 7.56. The van der Waals surface area contributed by atoms with Crippen LogP contribution in [0.4, 0.5) is 0 Å². The largest absolute Gasteiger partial charge is 0.362 e. The summed E-state index contributed by atoms with van der Waals surface area (Å²) >= 11 is 3.39. The molecule has 1 aliphatic rings. The number of carbonyl (C=O) groups excluding carboxylic acids is 2. The maximum absolute atomic E-state index is 12.2. The Bertz CT molecular complexity index is 569. The third kappa shape index (κ3) is 6.24. The van der Waals surface area contributed by atoms with Crippen LogP contribution in [-0.4, -0.2) is 43.0 Å². The standard InChI is InChI=1S/C18H25BrN2O3/c1-13-6-14(2)10-21(9-13)18(23)12-24-11-17(22)20-8-15-4-3-5-16(19)7-15/h3-5,7,13-14H,6,8-12H2,1-2H3,(H,20,22)/t13-,14+. The molecule has 0 bridgehead atoms. The lowest BCUT2D eigenvalue weighted by Crippen LogP contribution is -2.44. The predicted molar refractivity (Wildman–Crippen MR) is 96.3 cm³/mol. The molecule has 1 fully saturated rings. The minimum atomic E-state index is -0.219. The lowest BCUT2D eigenvalue weighted by atomic mass is 9.92. The van der Waals surface area contributed by atoms with Gasteiger partial charge in [0.15, 0.2) is 0 Å². The molecule has 132 valence electrons. The normalized spacial score (nSPS) is 20.7. The number of carbonyl (C=O) groups is 2. The first-order valence-electron chi connectivity index (χ1n) is 8.30. The molecule has 0 radical (unpaired) electrons. The number of halogens is 1. The van der Waals surface area contributed by atoms with Crippen LogP contribution in [0.15, 0.2) is 28.7 Å². The molecule has 2 rings (SSSR count). The van der Waals surface area contributed by atoms with E-state index in [1.807, 2.05) is 29.2 Å². The molecule has 6 heteroatoms. The van der Waals surface area contributed by atoms with Gasteiger partial charge in [-0.3, -0.25) is 9.59 Å². The molecular formula is C18H25BrN2O3. The first-order chi connectivity index (χ1) is 11.4. The number of nitrogens with zero attached hydrogens (tertiary/aromatic N) is 1. The molecule has 1 saturated heterocycles. The molecule has 1 aromatic rings. The van der Waals surface area contributed by atoms with E-state index < -0.39 is 0 Å². The van der Waals surface area contributed by atoms with Crippen LogP contribution in [0.2, 0.25) is 0 Å². The highest BCUT2D eigenvalue weighted by molar-refractivity contribution is 9.10. The van der Waals surface area contributed by atoms with Gasteiger partial charge in [-0.1, -0.05) is 41.9 Å². The Morgan fingerprint density at radius 2 is 1.96 bits per heavy atom. The van der Waals surface area contributed by atoms with Crippen molar-refractivity contribution in [2.45, 2.75) is 26.8 Å². The van der Waals surface area contributed by atoms with Crippen LogP contribution in [0.25, 0.3) is 0 Å². The van der Waals surface area contributed by atoms with Gasteiger partial charge in [0.05, 0.1) is 0 Å². The van der Waals surface area contributed by atoms with E-state index in [0.717, 1.165) is 29.5 Å². The summed E-state index contributed by atoms with van der Waals surface area (Å²) in [5, 5.41) is 2.78. The molecule has 5 nitrogen and oxygen atoms in total. The van der Waals surface area contributed by atoms with Crippen molar-refractivity contribution in [1.82, 2.24) is 10.2 Å². The minimum Gasteiger partial charge on any atom is -0.362 e. The van der Waals surface area contributed by atoms with Crippen LogP contribution in [0.3, 0.4) is 0 Å². The van der Waals surface area contributed by atoms with Gasteiger partial charge in [0.1, 0.15) is 13.2 Å². The van der Waals surface area contributed by atoms with Gasteiger partial charge in [-0.15, -0.1) is 0 Å². The summed E-state index contributed by atoms with van der Waals surface area (Å²) in [6.45, 7) is 6.18. The summed E-state index contributed by atoms with van der Waals surface area (Å²) in [6.07, 6.45) is 1.16. The van der Waals surface area contributed by atoms with Crippen molar-refractivity contribution in [3.05, 3.63) is 34.3 Å². The van der Waals surface area contributed by atoms with Crippen molar-refractivity contribution < 1.29 is 14.3 Å². The summed E-state index contributed by atoms with van der Waals surface area (Å²) in [5.74, 6) is 0.786. The summed E-state index contributed by atoms with van der Waals surface area (Å²) in [7, 11) is 0. The Balaban J connectivity index is 1.66. The lowest BCUT2D eigenvalue weighted by molar-refractivity contribution is -0.140. The number of amides is 2. The molecule has 1 heterocycles. The van der Waals surface area contributed by atoms with Crippen LogP contribution in [0.5, 0.6) is 0 Å². The summed E-state index contributed by atoms with van der Waals surface area (Å²) in [5.41, 5.74) is 1.00. The van der Waals surface area contributed by atoms with Gasteiger partial charge in [0.2, 0.25) is 11.8 Å². The van der Waals surface area contributed by atoms with Crippen LogP contribution < -0.4 is 5.32 Å². The molecule has 0 saturated carbocycles. The maximum Gasteiger partial charge on any atom is 0.248 e. The smallest absolute Gasteiger partial charge is 0.248 e. The second-order valence-electron chi connectivity index (χ2n) is 6.64. The maximum atomic E-state index is 12.2. The predicted octanol–water partition coefficient (Wildman–Crippen LogP) is 2.59. The molecule has 0 aliphatic carbocycles. The molecule has 2 atom stereocenters. The third-order valence-corrected chi connectivity index (χ3v) is 4.55. The van der Waals surface area contributed by atoms with Crippen molar-refractivity contribution in [1.29, 1.82) is 0 Å². The molecule has 0 unspecified atom stereocenters. The van der Waals surface area contributed by atoms with Crippen LogP contribution >= 0.6 is 15.9 Å². The molecule has 1 N–H and O–H groups in total. The van der Waals surface area contributed by atoms with Crippen LogP contribution in [0, 0.1) is 11.8 Å². The van der Waals surface area contributed by atoms with Crippen molar-refractivity contribution in [2.75, 3.05) is 26.3 Å². The van der Waals surface area contributed by atoms with E-state index in [9.17, 15) is 9.59 Å². The Hall–Kier alpha value is -1.40. The van der Waals surface area contributed by atoms with Gasteiger partial charge in [-0.25, -0.2) is 0 Å². The van der Waals surface area contributed by atoms with E-state index in [4.69, 9.17) is 4.74 Å². The molecule has 1 aromatic carbocycles. The van der Waals surface area contributed by atoms with Gasteiger partial charge >= 0.3 is 0 Å². The van der Waals surface area contributed by atoms with Crippen molar-refractivity contribution in [2.24, 2.45) is 11.8 Å². The van der Waals surface area contributed by atoms with Crippen molar-refractivity contribution in [3.8, 4) is 0 Å². The van der Waals surface area contributed by atoms with Gasteiger partial charge in [0.25, 0.3) is 0 Å². The first kappa shape index (κ1) is 18.9. The number of piperidine rings is 1. The zero-order valence-electron chi connectivity index (χ0n) is 14.3. The molecule has 0 aromatic heterocycles. The third-order valence-electron chi connectivity index (χ3n) is 4.06. The molecule has 2 amide bonds. The van der Waals surface area contributed by atoms with E-state index in [2.05, 4.69) is 35.1 Å². The van der Waals surface area contributed by atoms with Crippen LogP contribution in [-0.2, 0) is 20.9 Å². The first-order valence-corrected chi connectivity index (χ1v) is 9.10. The van der Waals surface area contributed by atoms with Gasteiger partial charge in [-0.2, -0.15) is 0 Å². The zero-order chi connectivity index (χ0) is 17.5. The lowest BCUT2D eigenvalue weighted by Gasteiger charge is -2.34. The number of nitrogens with one attached hydrogen (secondary N) is 1. The fourth-order valence-corrected chi connectivity index (χ4v) is 3.53. The average molecular weight is 397 g/mol. The highest BCUT2D eigenvalue weighted by Crippen LogP contribution is 2.20. The molecule has 24 heavy (non-hydrogen) atoms. The topological polar surface area (TPSA) is 58.6 Å². The SMILES string of the molecule is C[C@@H]1C[C@H](C)CN(C(=O)COCC(=O)NCc2cccc(Br)c2)C1. The Morgan fingerprint density at radius 3 is 2.62 bits per heavy atom. The van der Waals surface area contributed by atoms with Gasteiger partial charge in [0, 0.05) is 24.1 Å². The van der Waals surface area contributed by atoms with Crippen LogP contribution in [0.1, 0.15) is 25.8 Å². The number of benzene rings is 1. The van der Waals surface area contributed by atoms with E-state index >= 15 is 0 Å². The number of rotatable bonds is 6. The van der Waals surface area contributed by atoms with Crippen molar-refractivity contribution >= 4 is 27.7 Å². The number of ether oxygens (including phenoxy) is 1. The summed E-state index contributed by atoms with van der Waals surface area (Å²) in [4.78, 5) is 25.8. The highest BCUT2D eigenvalue weighted by Gasteiger charge is 2.25. The van der Waals surface area contributed by atoms with E-state index in [1.54, 1.807) is 0 Å². The van der Waals surface area contributed by atoms with Crippen molar-refractivity contribution in [3.63, 3.8) is 0 Å². The number of hydrogen-bond acceptors (Lipinski definition) is 3. The Labute approximate surface area is 151 Å². The van der Waals surface area contributed by atoms with Gasteiger partial charge in [-0.05, 0) is 36.0 Å². The van der Waals surface area contributed by atoms with E-state index in [0.29, 0.717) is 18.4 Å². The summed E-state index contributed by atoms with van der Waals surface area (Å²) < 4.78 is 6.25. The molecule has 0 spiro atoms. The fourth-order valence-electron chi connectivity index (χ4n) is 3.09. The average Bonchev–Trinajstić information content (AvgIpc) is 2.52. The monoisotopic (exact) mass is 396 g/mol. The Kier molecular flexibility index (Phi) is 7.24. The second kappa shape index (κ2) is 9.18. The fraction of sp³-hybridized carbons (Fsp3) is 0.556. The zero-order valence-corrected chi connectivity index (χ0v) is 15.8. The molecule has 1 aliphatic heterocycles. The Morgan fingerprint density at radius 1 is 1.25 bits per heavy atom. The quantitative estimate of drug-likeness (QED) is 0.803.